The highest BCUT2D eigenvalue weighted by Crippen LogP contribution is 2.32. The first-order chi connectivity index (χ1) is 13.9. The minimum atomic E-state index is -4.60. The molecular weight excluding hydrogens is 447 g/mol. The van der Waals surface area contributed by atoms with Crippen molar-refractivity contribution in [2.24, 2.45) is 7.05 Å². The highest BCUT2D eigenvalue weighted by Gasteiger charge is 2.32. The summed E-state index contributed by atoms with van der Waals surface area (Å²) in [7, 11) is -2.32. The van der Waals surface area contributed by atoms with Crippen molar-refractivity contribution >= 4 is 32.3 Å². The highest BCUT2D eigenvalue weighted by molar-refractivity contribution is 7.91. The van der Waals surface area contributed by atoms with Gasteiger partial charge in [0.2, 0.25) is 11.3 Å². The number of nitrogens with one attached hydrogen (secondary N) is 1. The van der Waals surface area contributed by atoms with Gasteiger partial charge in [-0.1, -0.05) is 6.92 Å². The molecule has 2 N–H and O–H groups in total. The van der Waals surface area contributed by atoms with E-state index >= 15 is 0 Å². The Balaban J connectivity index is 2.20. The number of rotatable bonds is 6. The Morgan fingerprint density at radius 3 is 2.53 bits per heavy atom. The van der Waals surface area contributed by atoms with Gasteiger partial charge >= 0.3 is 6.18 Å². The van der Waals surface area contributed by atoms with Crippen LogP contribution in [0.5, 0.6) is 0 Å². The molecule has 162 valence electrons. The van der Waals surface area contributed by atoms with E-state index in [2.05, 4.69) is 19.7 Å². The fourth-order valence-electron chi connectivity index (χ4n) is 2.73. The van der Waals surface area contributed by atoms with Crippen LogP contribution in [0, 0.1) is 0 Å². The van der Waals surface area contributed by atoms with Gasteiger partial charge in [-0.05, 0) is 17.7 Å². The van der Waals surface area contributed by atoms with E-state index in [0.717, 1.165) is 6.07 Å². The summed E-state index contributed by atoms with van der Waals surface area (Å²) in [4.78, 5) is 11.9. The average Bonchev–Trinajstić information content (AvgIpc) is 3.01. The second kappa shape index (κ2) is 8.02. The second-order valence-corrected chi connectivity index (χ2v) is 9.26. The molecule has 3 rings (SSSR count). The van der Waals surface area contributed by atoms with E-state index in [4.69, 9.17) is 4.55 Å². The molecule has 0 amide bonds. The predicted molar refractivity (Wildman–Crippen MR) is 102 cm³/mol. The van der Waals surface area contributed by atoms with Crippen LogP contribution in [0.25, 0.3) is 22.7 Å². The molecule has 0 spiro atoms. The summed E-state index contributed by atoms with van der Waals surface area (Å²) < 4.78 is 87.4. The molecule has 0 aromatic carbocycles. The number of nitrogens with zero attached hydrogens (tertiary/aromatic N) is 4. The van der Waals surface area contributed by atoms with Crippen LogP contribution >= 0.6 is 0 Å². The van der Waals surface area contributed by atoms with Gasteiger partial charge in [0.15, 0.2) is 21.3 Å². The molecule has 0 saturated heterocycles. The maximum atomic E-state index is 13.0. The van der Waals surface area contributed by atoms with Crippen molar-refractivity contribution in [1.82, 2.24) is 24.2 Å². The van der Waals surface area contributed by atoms with Crippen LogP contribution in [-0.2, 0) is 40.9 Å². The first-order valence-electron chi connectivity index (χ1n) is 8.40. The molecule has 3 aromatic rings. The van der Waals surface area contributed by atoms with Crippen molar-refractivity contribution in [3.05, 3.63) is 35.7 Å². The van der Waals surface area contributed by atoms with Crippen LogP contribution in [0.2, 0.25) is 0 Å². The molecule has 0 radical (unpaired) electrons. The third-order valence-electron chi connectivity index (χ3n) is 4.27. The molecule has 0 aliphatic rings. The molecule has 3 aromatic heterocycles. The lowest BCUT2D eigenvalue weighted by Crippen LogP contribution is -2.16. The summed E-state index contributed by atoms with van der Waals surface area (Å²) in [5.41, 5.74) is -0.650. The molecule has 30 heavy (non-hydrogen) atoms. The van der Waals surface area contributed by atoms with Crippen LogP contribution in [0.1, 0.15) is 18.1 Å². The van der Waals surface area contributed by atoms with Crippen LogP contribution < -0.4 is 4.72 Å². The fourth-order valence-corrected chi connectivity index (χ4v) is 4.10. The zero-order chi connectivity index (χ0) is 22.3. The second-order valence-electron chi connectivity index (χ2n) is 6.22. The molecule has 0 aliphatic carbocycles. The standard InChI is InChI=1S/C16H16F3N5O4S2/c1-3-30(27,28)12-4-9(7-22-29(25)26)6-20-13(12)15-23-11-5-10(16(17,18)19)8-21-14(11)24(15)2/h4-6,8,22H,3,7H2,1-2H3,(H,25,26). The Morgan fingerprint density at radius 2 is 1.93 bits per heavy atom. The highest BCUT2D eigenvalue weighted by atomic mass is 32.2. The number of imidazole rings is 1. The Kier molecular flexibility index (Phi) is 5.95. The number of pyridine rings is 2. The van der Waals surface area contributed by atoms with Gasteiger partial charge in [-0.15, -0.1) is 0 Å². The summed E-state index contributed by atoms with van der Waals surface area (Å²) in [5.74, 6) is -0.237. The van der Waals surface area contributed by atoms with Crippen LogP contribution in [-0.4, -0.2) is 42.5 Å². The Bertz CT molecular complexity index is 1240. The fraction of sp³-hybridized carbons (Fsp3) is 0.312. The van der Waals surface area contributed by atoms with Crippen molar-refractivity contribution in [2.75, 3.05) is 5.75 Å². The third kappa shape index (κ3) is 4.35. The quantitative estimate of drug-likeness (QED) is 0.536. The molecule has 0 fully saturated rings. The summed E-state index contributed by atoms with van der Waals surface area (Å²) in [6.45, 7) is 1.31. The lowest BCUT2D eigenvalue weighted by atomic mass is 10.2. The number of halogens is 3. The Hall–Kier alpha value is -2.42. The number of alkyl halides is 3. The smallest absolute Gasteiger partial charge is 0.310 e. The topological polar surface area (TPSA) is 127 Å². The summed E-state index contributed by atoms with van der Waals surface area (Å²) in [5, 5.41) is 0. The number of sulfone groups is 1. The molecule has 1 unspecified atom stereocenters. The van der Waals surface area contributed by atoms with E-state index in [0.29, 0.717) is 11.8 Å². The number of aryl methyl sites for hydroxylation is 1. The molecule has 9 nitrogen and oxygen atoms in total. The minimum absolute atomic E-state index is 0.0223. The van der Waals surface area contributed by atoms with E-state index in [1.807, 2.05) is 0 Å². The summed E-state index contributed by atoms with van der Waals surface area (Å²) in [6, 6.07) is 2.11. The summed E-state index contributed by atoms with van der Waals surface area (Å²) in [6.07, 6.45) is -2.64. The third-order valence-corrected chi connectivity index (χ3v) is 6.41. The molecule has 1 atom stereocenters. The van der Waals surface area contributed by atoms with Crippen LogP contribution in [0.4, 0.5) is 13.2 Å². The Morgan fingerprint density at radius 1 is 1.23 bits per heavy atom. The minimum Gasteiger partial charge on any atom is -0.310 e. The van der Waals surface area contributed by atoms with Gasteiger partial charge < -0.3 is 4.57 Å². The largest absolute Gasteiger partial charge is 0.417 e. The van der Waals surface area contributed by atoms with E-state index in [1.54, 1.807) is 0 Å². The molecule has 3 heterocycles. The zero-order valence-corrected chi connectivity index (χ0v) is 17.3. The number of aromatic nitrogens is 4. The lowest BCUT2D eigenvalue weighted by molar-refractivity contribution is -0.137. The van der Waals surface area contributed by atoms with Gasteiger partial charge in [-0.3, -0.25) is 9.54 Å². The molecule has 0 aliphatic heterocycles. The Labute approximate surface area is 171 Å². The molecule has 14 heteroatoms. The van der Waals surface area contributed by atoms with E-state index in [-0.39, 0.29) is 39.9 Å². The zero-order valence-electron chi connectivity index (χ0n) is 15.6. The normalized spacial score (nSPS) is 13.7. The predicted octanol–water partition coefficient (Wildman–Crippen LogP) is 2.07. The van der Waals surface area contributed by atoms with Gasteiger partial charge in [-0.25, -0.2) is 27.3 Å². The SMILES string of the molecule is CCS(=O)(=O)c1cc(CNS(=O)O)cnc1-c1nc2cc(C(F)(F)F)cnc2n1C. The maximum Gasteiger partial charge on any atom is 0.417 e. The van der Waals surface area contributed by atoms with Crippen molar-refractivity contribution < 1.29 is 30.4 Å². The molecule has 0 saturated carbocycles. The number of hydrogen-bond acceptors (Lipinski definition) is 6. The van der Waals surface area contributed by atoms with Gasteiger partial charge in [0.25, 0.3) is 0 Å². The first-order valence-corrected chi connectivity index (χ1v) is 11.2. The van der Waals surface area contributed by atoms with Crippen LogP contribution in [0.15, 0.2) is 29.4 Å². The first kappa shape index (κ1) is 22.3. The van der Waals surface area contributed by atoms with E-state index < -0.39 is 32.8 Å². The molecule has 0 bridgehead atoms. The van der Waals surface area contributed by atoms with Crippen LogP contribution in [0.3, 0.4) is 0 Å². The molecular formula is C16H16F3N5O4S2. The van der Waals surface area contributed by atoms with Crippen molar-refractivity contribution in [3.63, 3.8) is 0 Å². The lowest BCUT2D eigenvalue weighted by Gasteiger charge is -2.11. The number of hydrogen-bond donors (Lipinski definition) is 2. The van der Waals surface area contributed by atoms with E-state index in [9.17, 15) is 25.8 Å². The van der Waals surface area contributed by atoms with Gasteiger partial charge in [0.1, 0.15) is 11.2 Å². The average molecular weight is 463 g/mol. The monoisotopic (exact) mass is 463 g/mol. The van der Waals surface area contributed by atoms with E-state index in [1.165, 1.54) is 30.8 Å². The van der Waals surface area contributed by atoms with Crippen molar-refractivity contribution in [1.29, 1.82) is 0 Å². The van der Waals surface area contributed by atoms with Crippen molar-refractivity contribution in [3.8, 4) is 11.5 Å². The maximum absolute atomic E-state index is 13.0. The number of fused-ring (bicyclic) bond motifs is 1. The van der Waals surface area contributed by atoms with Crippen molar-refractivity contribution in [2.45, 2.75) is 24.5 Å². The van der Waals surface area contributed by atoms with Gasteiger partial charge in [0.05, 0.1) is 16.2 Å². The summed E-state index contributed by atoms with van der Waals surface area (Å²) >= 11 is -2.30. The van der Waals surface area contributed by atoms with Gasteiger partial charge in [0, 0.05) is 26.0 Å². The van der Waals surface area contributed by atoms with Gasteiger partial charge in [-0.2, -0.15) is 13.2 Å².